The van der Waals surface area contributed by atoms with Crippen molar-refractivity contribution in [2.75, 3.05) is 11.6 Å². The van der Waals surface area contributed by atoms with E-state index in [0.717, 1.165) is 16.6 Å². The third-order valence-corrected chi connectivity index (χ3v) is 3.65. The van der Waals surface area contributed by atoms with Gasteiger partial charge in [-0.2, -0.15) is 0 Å². The average molecular weight is 229 g/mol. The molecular formula is C8H11N3OS2. The SMILES string of the molecule is O=C(NCc1nccs1)[C@H]1CSCN1. The molecule has 1 atom stereocenters. The smallest absolute Gasteiger partial charge is 0.238 e. The molecule has 1 aliphatic rings. The fourth-order valence-electron chi connectivity index (χ4n) is 1.19. The number of rotatable bonds is 3. The van der Waals surface area contributed by atoms with Crippen molar-refractivity contribution in [3.05, 3.63) is 16.6 Å². The van der Waals surface area contributed by atoms with E-state index in [0.29, 0.717) is 6.54 Å². The van der Waals surface area contributed by atoms with E-state index >= 15 is 0 Å². The molecule has 1 fully saturated rings. The second-order valence-corrected chi connectivity index (χ2v) is 4.92. The van der Waals surface area contributed by atoms with Gasteiger partial charge in [-0.05, 0) is 0 Å². The first-order valence-corrected chi connectivity index (χ1v) is 6.37. The zero-order valence-electron chi connectivity index (χ0n) is 7.53. The van der Waals surface area contributed by atoms with Crippen LogP contribution in [0.2, 0.25) is 0 Å². The summed E-state index contributed by atoms with van der Waals surface area (Å²) in [6.07, 6.45) is 1.75. The highest BCUT2D eigenvalue weighted by Crippen LogP contribution is 2.09. The van der Waals surface area contributed by atoms with Crippen molar-refractivity contribution in [3.8, 4) is 0 Å². The molecule has 1 aromatic heterocycles. The first-order valence-electron chi connectivity index (χ1n) is 4.33. The summed E-state index contributed by atoms with van der Waals surface area (Å²) in [5, 5.41) is 8.84. The summed E-state index contributed by atoms with van der Waals surface area (Å²) in [6.45, 7) is 0.541. The molecule has 0 unspecified atom stereocenters. The van der Waals surface area contributed by atoms with E-state index in [4.69, 9.17) is 0 Å². The fourth-order valence-corrected chi connectivity index (χ4v) is 2.69. The molecule has 76 valence electrons. The van der Waals surface area contributed by atoms with Gasteiger partial charge in [0.1, 0.15) is 5.01 Å². The Morgan fingerprint density at radius 2 is 2.71 bits per heavy atom. The molecule has 6 heteroatoms. The summed E-state index contributed by atoms with van der Waals surface area (Å²) in [5.74, 6) is 1.81. The first-order chi connectivity index (χ1) is 6.86. The van der Waals surface area contributed by atoms with Gasteiger partial charge in [0.2, 0.25) is 5.91 Å². The van der Waals surface area contributed by atoms with Crippen LogP contribution in [0.1, 0.15) is 5.01 Å². The van der Waals surface area contributed by atoms with Crippen molar-refractivity contribution < 1.29 is 4.79 Å². The molecule has 1 aromatic rings. The normalized spacial score (nSPS) is 21.0. The Morgan fingerprint density at radius 3 is 3.36 bits per heavy atom. The van der Waals surface area contributed by atoms with Crippen molar-refractivity contribution in [2.24, 2.45) is 0 Å². The van der Waals surface area contributed by atoms with Gasteiger partial charge in [0.05, 0.1) is 12.6 Å². The quantitative estimate of drug-likeness (QED) is 0.789. The Labute approximate surface area is 90.5 Å². The number of amides is 1. The van der Waals surface area contributed by atoms with Crippen LogP contribution in [0.3, 0.4) is 0 Å². The summed E-state index contributed by atoms with van der Waals surface area (Å²) in [5.41, 5.74) is 0. The number of thiazole rings is 1. The Morgan fingerprint density at radius 1 is 1.79 bits per heavy atom. The lowest BCUT2D eigenvalue weighted by atomic mass is 10.3. The number of nitrogens with one attached hydrogen (secondary N) is 2. The third kappa shape index (κ3) is 2.46. The van der Waals surface area contributed by atoms with Crippen LogP contribution >= 0.6 is 23.1 Å². The molecular weight excluding hydrogens is 218 g/mol. The molecule has 0 aliphatic carbocycles. The van der Waals surface area contributed by atoms with Gasteiger partial charge in [0, 0.05) is 23.2 Å². The van der Waals surface area contributed by atoms with E-state index in [1.165, 1.54) is 0 Å². The van der Waals surface area contributed by atoms with E-state index in [1.54, 1.807) is 29.3 Å². The van der Waals surface area contributed by atoms with Crippen LogP contribution < -0.4 is 10.6 Å². The highest BCUT2D eigenvalue weighted by Gasteiger charge is 2.21. The monoisotopic (exact) mass is 229 g/mol. The fraction of sp³-hybridized carbons (Fsp3) is 0.500. The molecule has 2 N–H and O–H groups in total. The second-order valence-electron chi connectivity index (χ2n) is 2.92. The lowest BCUT2D eigenvalue weighted by Crippen LogP contribution is -2.41. The molecule has 0 radical (unpaired) electrons. The standard InChI is InChI=1S/C8H11N3OS2/c12-8(6-4-13-5-11-6)10-3-7-9-1-2-14-7/h1-2,6,11H,3-5H2,(H,10,12)/t6-/m1/s1. The van der Waals surface area contributed by atoms with Gasteiger partial charge in [-0.25, -0.2) is 4.98 Å². The van der Waals surface area contributed by atoms with Crippen LogP contribution in [0.25, 0.3) is 0 Å². The van der Waals surface area contributed by atoms with Crippen LogP contribution in [0.4, 0.5) is 0 Å². The predicted octanol–water partition coefficient (Wildman–Crippen LogP) is 0.422. The van der Waals surface area contributed by atoms with Gasteiger partial charge in [-0.3, -0.25) is 10.1 Å². The van der Waals surface area contributed by atoms with E-state index in [2.05, 4.69) is 15.6 Å². The maximum atomic E-state index is 11.5. The predicted molar refractivity (Wildman–Crippen MR) is 58.2 cm³/mol. The molecule has 0 saturated carbocycles. The maximum absolute atomic E-state index is 11.5. The molecule has 0 spiro atoms. The van der Waals surface area contributed by atoms with Crippen molar-refractivity contribution in [2.45, 2.75) is 12.6 Å². The Balaban J connectivity index is 1.77. The summed E-state index contributed by atoms with van der Waals surface area (Å²) in [4.78, 5) is 15.6. The highest BCUT2D eigenvalue weighted by molar-refractivity contribution is 7.99. The summed E-state index contributed by atoms with van der Waals surface area (Å²) in [6, 6.07) is -0.0278. The van der Waals surface area contributed by atoms with Gasteiger partial charge in [0.25, 0.3) is 0 Å². The number of carbonyl (C=O) groups excluding carboxylic acids is 1. The third-order valence-electron chi connectivity index (χ3n) is 1.93. The molecule has 4 nitrogen and oxygen atoms in total. The highest BCUT2D eigenvalue weighted by atomic mass is 32.2. The van der Waals surface area contributed by atoms with Crippen LogP contribution in [0.15, 0.2) is 11.6 Å². The van der Waals surface area contributed by atoms with E-state index in [1.807, 2.05) is 5.38 Å². The number of thioether (sulfide) groups is 1. The number of aromatic nitrogens is 1. The molecule has 2 rings (SSSR count). The summed E-state index contributed by atoms with van der Waals surface area (Å²) < 4.78 is 0. The van der Waals surface area contributed by atoms with Gasteiger partial charge in [-0.15, -0.1) is 23.1 Å². The molecule has 2 heterocycles. The van der Waals surface area contributed by atoms with Crippen LogP contribution in [0.5, 0.6) is 0 Å². The number of nitrogens with zero attached hydrogens (tertiary/aromatic N) is 1. The Hall–Kier alpha value is -0.590. The molecule has 1 amide bonds. The molecule has 1 saturated heterocycles. The summed E-state index contributed by atoms with van der Waals surface area (Å²) >= 11 is 3.30. The minimum absolute atomic E-state index is 0.0278. The van der Waals surface area contributed by atoms with Gasteiger partial charge >= 0.3 is 0 Å². The minimum Gasteiger partial charge on any atom is -0.348 e. The van der Waals surface area contributed by atoms with Crippen molar-refractivity contribution in [1.82, 2.24) is 15.6 Å². The van der Waals surface area contributed by atoms with Crippen LogP contribution in [-0.2, 0) is 11.3 Å². The van der Waals surface area contributed by atoms with E-state index in [9.17, 15) is 4.79 Å². The molecule has 0 aromatic carbocycles. The topological polar surface area (TPSA) is 54.0 Å². The van der Waals surface area contributed by atoms with Crippen molar-refractivity contribution in [1.29, 1.82) is 0 Å². The van der Waals surface area contributed by atoms with Crippen molar-refractivity contribution >= 4 is 29.0 Å². The second kappa shape index (κ2) is 4.77. The first kappa shape index (κ1) is 9.95. The lowest BCUT2D eigenvalue weighted by molar-refractivity contribution is -0.122. The lowest BCUT2D eigenvalue weighted by Gasteiger charge is -2.08. The Kier molecular flexibility index (Phi) is 3.39. The molecule has 0 bridgehead atoms. The van der Waals surface area contributed by atoms with Gasteiger partial charge in [-0.1, -0.05) is 0 Å². The van der Waals surface area contributed by atoms with Crippen molar-refractivity contribution in [3.63, 3.8) is 0 Å². The number of carbonyl (C=O) groups is 1. The largest absolute Gasteiger partial charge is 0.348 e. The van der Waals surface area contributed by atoms with Gasteiger partial charge in [0.15, 0.2) is 0 Å². The zero-order valence-corrected chi connectivity index (χ0v) is 9.16. The molecule has 1 aliphatic heterocycles. The van der Waals surface area contributed by atoms with Crippen LogP contribution in [-0.4, -0.2) is 28.6 Å². The zero-order chi connectivity index (χ0) is 9.80. The van der Waals surface area contributed by atoms with E-state index < -0.39 is 0 Å². The van der Waals surface area contributed by atoms with Crippen LogP contribution in [0, 0.1) is 0 Å². The molecule has 14 heavy (non-hydrogen) atoms. The minimum atomic E-state index is -0.0278. The number of hydrogen-bond acceptors (Lipinski definition) is 5. The average Bonchev–Trinajstić information content (AvgIpc) is 2.87. The summed E-state index contributed by atoms with van der Waals surface area (Å²) in [7, 11) is 0. The Bertz CT molecular complexity index is 296. The van der Waals surface area contributed by atoms with Gasteiger partial charge < -0.3 is 5.32 Å². The van der Waals surface area contributed by atoms with E-state index in [-0.39, 0.29) is 11.9 Å². The number of hydrogen-bond donors (Lipinski definition) is 2. The maximum Gasteiger partial charge on any atom is 0.238 e.